The van der Waals surface area contributed by atoms with Crippen LogP contribution in [0.15, 0.2) is 12.4 Å². The molecule has 1 unspecified atom stereocenters. The first kappa shape index (κ1) is 12.1. The monoisotopic (exact) mass is 226 g/mol. The van der Waals surface area contributed by atoms with E-state index in [0.717, 1.165) is 18.8 Å². The summed E-state index contributed by atoms with van der Waals surface area (Å²) >= 11 is 5.03. The lowest BCUT2D eigenvalue weighted by atomic mass is 10.2. The maximum Gasteiger partial charge on any atom is 0.122 e. The van der Waals surface area contributed by atoms with Gasteiger partial charge in [-0.3, -0.25) is 4.90 Å². The van der Waals surface area contributed by atoms with E-state index < -0.39 is 0 Å². The molecule has 1 aromatic rings. The number of nitrogens with zero attached hydrogens (tertiary/aromatic N) is 3. The largest absolute Gasteiger partial charge is 0.392 e. The molecule has 0 aliphatic heterocycles. The molecule has 4 nitrogen and oxygen atoms in total. The number of imidazole rings is 1. The number of hydrogen-bond acceptors (Lipinski definition) is 3. The van der Waals surface area contributed by atoms with Crippen LogP contribution < -0.4 is 5.73 Å². The number of likely N-dealkylation sites (N-methyl/N-ethyl adjacent to an activating group) is 1. The predicted octanol–water partition coefficient (Wildman–Crippen LogP) is 0.917. The molecule has 84 valence electrons. The number of nitrogens with two attached hydrogens (primary N) is 1. The highest BCUT2D eigenvalue weighted by Gasteiger charge is 2.16. The standard InChI is InChI=1S/C10H18N4S/c1-4-8(10(11)15)14(3)7-9-12-5-6-13(9)2/h5-6,8H,4,7H2,1-3H3,(H2,11,15). The molecule has 1 aromatic heterocycles. The number of hydrogen-bond donors (Lipinski definition) is 1. The summed E-state index contributed by atoms with van der Waals surface area (Å²) in [5, 5.41) is 0. The maximum atomic E-state index is 5.68. The van der Waals surface area contributed by atoms with E-state index in [1.807, 2.05) is 24.9 Å². The average Bonchev–Trinajstić information content (AvgIpc) is 2.52. The molecule has 0 aliphatic carbocycles. The van der Waals surface area contributed by atoms with Crippen LogP contribution in [0.1, 0.15) is 19.2 Å². The first-order valence-electron chi connectivity index (χ1n) is 5.02. The van der Waals surface area contributed by atoms with Crippen LogP contribution in [0.3, 0.4) is 0 Å². The van der Waals surface area contributed by atoms with Crippen molar-refractivity contribution < 1.29 is 0 Å². The zero-order valence-electron chi connectivity index (χ0n) is 9.47. The average molecular weight is 226 g/mol. The molecule has 0 saturated carbocycles. The van der Waals surface area contributed by atoms with E-state index >= 15 is 0 Å². The second-order valence-corrected chi connectivity index (χ2v) is 4.17. The fourth-order valence-corrected chi connectivity index (χ4v) is 1.96. The summed E-state index contributed by atoms with van der Waals surface area (Å²) in [6.45, 7) is 2.85. The van der Waals surface area contributed by atoms with Gasteiger partial charge in [0, 0.05) is 19.4 Å². The molecule has 1 atom stereocenters. The van der Waals surface area contributed by atoms with Gasteiger partial charge in [-0.1, -0.05) is 19.1 Å². The summed E-state index contributed by atoms with van der Waals surface area (Å²) in [4.78, 5) is 6.95. The molecule has 15 heavy (non-hydrogen) atoms. The van der Waals surface area contributed by atoms with Crippen molar-refractivity contribution in [3.8, 4) is 0 Å². The van der Waals surface area contributed by atoms with E-state index in [2.05, 4.69) is 16.8 Å². The Morgan fingerprint density at radius 1 is 1.73 bits per heavy atom. The van der Waals surface area contributed by atoms with Crippen LogP contribution in [0.4, 0.5) is 0 Å². The third-order valence-electron chi connectivity index (χ3n) is 2.56. The lowest BCUT2D eigenvalue weighted by molar-refractivity contribution is 0.274. The van der Waals surface area contributed by atoms with Gasteiger partial charge in [-0.05, 0) is 13.5 Å². The number of thiocarbonyl (C=S) groups is 1. The molecule has 0 fully saturated rings. The number of aryl methyl sites for hydroxylation is 1. The van der Waals surface area contributed by atoms with Gasteiger partial charge in [0.2, 0.25) is 0 Å². The normalized spacial score (nSPS) is 13.1. The molecular weight excluding hydrogens is 208 g/mol. The molecule has 0 aromatic carbocycles. The Morgan fingerprint density at radius 3 is 2.80 bits per heavy atom. The summed E-state index contributed by atoms with van der Waals surface area (Å²) < 4.78 is 2.00. The van der Waals surface area contributed by atoms with E-state index in [4.69, 9.17) is 18.0 Å². The van der Waals surface area contributed by atoms with Gasteiger partial charge in [0.25, 0.3) is 0 Å². The van der Waals surface area contributed by atoms with Crippen molar-refractivity contribution in [2.75, 3.05) is 7.05 Å². The molecule has 0 amide bonds. The lowest BCUT2D eigenvalue weighted by Gasteiger charge is -2.25. The zero-order valence-corrected chi connectivity index (χ0v) is 10.3. The molecule has 0 radical (unpaired) electrons. The van der Waals surface area contributed by atoms with E-state index in [9.17, 15) is 0 Å². The highest BCUT2D eigenvalue weighted by molar-refractivity contribution is 7.80. The smallest absolute Gasteiger partial charge is 0.122 e. The molecule has 0 aliphatic rings. The summed E-state index contributed by atoms with van der Waals surface area (Å²) in [6, 6.07) is 0.150. The predicted molar refractivity (Wildman–Crippen MR) is 65.5 cm³/mol. The van der Waals surface area contributed by atoms with Gasteiger partial charge < -0.3 is 10.3 Å². The Kier molecular flexibility index (Phi) is 4.23. The van der Waals surface area contributed by atoms with Gasteiger partial charge >= 0.3 is 0 Å². The van der Waals surface area contributed by atoms with E-state index in [0.29, 0.717) is 4.99 Å². The Morgan fingerprint density at radius 2 is 2.40 bits per heavy atom. The fourth-order valence-electron chi connectivity index (χ4n) is 1.61. The summed E-state index contributed by atoms with van der Waals surface area (Å²) in [5.74, 6) is 1.02. The third kappa shape index (κ3) is 3.00. The van der Waals surface area contributed by atoms with Gasteiger partial charge in [0.1, 0.15) is 5.82 Å². The Hall–Kier alpha value is -0.940. The van der Waals surface area contributed by atoms with Crippen molar-refractivity contribution in [2.45, 2.75) is 25.9 Å². The maximum absolute atomic E-state index is 5.68. The SMILES string of the molecule is CCC(C(N)=S)N(C)Cc1nccn1C. The lowest BCUT2D eigenvalue weighted by Crippen LogP contribution is -2.41. The quantitative estimate of drug-likeness (QED) is 0.758. The summed E-state index contributed by atoms with van der Waals surface area (Å²) in [6.07, 6.45) is 4.66. The Balaban J connectivity index is 2.66. The highest BCUT2D eigenvalue weighted by atomic mass is 32.1. The van der Waals surface area contributed by atoms with E-state index in [1.54, 1.807) is 6.20 Å². The van der Waals surface area contributed by atoms with E-state index in [1.165, 1.54) is 0 Å². The second kappa shape index (κ2) is 5.23. The Labute approximate surface area is 96.1 Å². The van der Waals surface area contributed by atoms with Crippen LogP contribution in [-0.4, -0.2) is 32.5 Å². The van der Waals surface area contributed by atoms with Crippen molar-refractivity contribution in [1.29, 1.82) is 0 Å². The Bertz CT molecular complexity index is 334. The molecule has 1 heterocycles. The van der Waals surface area contributed by atoms with Crippen molar-refractivity contribution in [3.63, 3.8) is 0 Å². The van der Waals surface area contributed by atoms with Crippen molar-refractivity contribution in [3.05, 3.63) is 18.2 Å². The van der Waals surface area contributed by atoms with Crippen LogP contribution in [0, 0.1) is 0 Å². The van der Waals surface area contributed by atoms with Crippen LogP contribution >= 0.6 is 12.2 Å². The highest BCUT2D eigenvalue weighted by Crippen LogP contribution is 2.07. The minimum Gasteiger partial charge on any atom is -0.392 e. The van der Waals surface area contributed by atoms with Gasteiger partial charge in [-0.15, -0.1) is 0 Å². The summed E-state index contributed by atoms with van der Waals surface area (Å²) in [5.41, 5.74) is 5.68. The molecule has 1 rings (SSSR count). The molecular formula is C10H18N4S. The third-order valence-corrected chi connectivity index (χ3v) is 2.83. The van der Waals surface area contributed by atoms with Gasteiger partial charge in [-0.2, -0.15) is 0 Å². The van der Waals surface area contributed by atoms with Crippen LogP contribution in [0.25, 0.3) is 0 Å². The first-order chi connectivity index (χ1) is 7.06. The van der Waals surface area contributed by atoms with Crippen LogP contribution in [0.2, 0.25) is 0 Å². The van der Waals surface area contributed by atoms with Gasteiger partial charge in [0.05, 0.1) is 17.6 Å². The van der Waals surface area contributed by atoms with Gasteiger partial charge in [-0.25, -0.2) is 4.98 Å². The van der Waals surface area contributed by atoms with Gasteiger partial charge in [0.15, 0.2) is 0 Å². The minimum atomic E-state index is 0.150. The van der Waals surface area contributed by atoms with Crippen molar-refractivity contribution >= 4 is 17.2 Å². The molecule has 0 spiro atoms. The van der Waals surface area contributed by atoms with Crippen LogP contribution in [0.5, 0.6) is 0 Å². The number of rotatable bonds is 5. The molecule has 2 N–H and O–H groups in total. The van der Waals surface area contributed by atoms with Crippen molar-refractivity contribution in [2.24, 2.45) is 12.8 Å². The minimum absolute atomic E-state index is 0.150. The summed E-state index contributed by atoms with van der Waals surface area (Å²) in [7, 11) is 4.00. The van der Waals surface area contributed by atoms with Crippen molar-refractivity contribution in [1.82, 2.24) is 14.5 Å². The number of aromatic nitrogens is 2. The molecule has 0 bridgehead atoms. The second-order valence-electron chi connectivity index (χ2n) is 3.70. The molecule has 0 saturated heterocycles. The van der Waals surface area contributed by atoms with Crippen LogP contribution in [-0.2, 0) is 13.6 Å². The first-order valence-corrected chi connectivity index (χ1v) is 5.42. The fraction of sp³-hybridized carbons (Fsp3) is 0.600. The topological polar surface area (TPSA) is 47.1 Å². The molecule has 5 heteroatoms. The van der Waals surface area contributed by atoms with E-state index in [-0.39, 0.29) is 6.04 Å². The zero-order chi connectivity index (χ0) is 11.4.